The first-order valence-corrected chi connectivity index (χ1v) is 11.6. The Hall–Kier alpha value is -3.40. The quantitative estimate of drug-likeness (QED) is 0.329. The van der Waals surface area contributed by atoms with Crippen molar-refractivity contribution in [2.24, 2.45) is 0 Å². The van der Waals surface area contributed by atoms with Gasteiger partial charge >= 0.3 is 0 Å². The molecule has 0 saturated heterocycles. The average molecular weight is 443 g/mol. The van der Waals surface area contributed by atoms with Gasteiger partial charge in [-0.2, -0.15) is 0 Å². The fraction of sp³-hybridized carbons (Fsp3) is 0.276. The van der Waals surface area contributed by atoms with Gasteiger partial charge in [0, 0.05) is 42.0 Å². The van der Waals surface area contributed by atoms with Crippen LogP contribution >= 0.6 is 0 Å². The minimum Gasteiger partial charge on any atom is -0.354 e. The first-order valence-electron chi connectivity index (χ1n) is 11.6. The molecule has 0 saturated carbocycles. The van der Waals surface area contributed by atoms with Crippen LogP contribution in [0, 0.1) is 12.7 Å². The lowest BCUT2D eigenvalue weighted by Gasteiger charge is -2.19. The summed E-state index contributed by atoms with van der Waals surface area (Å²) in [5, 5.41) is 4.21. The molecule has 0 aliphatic rings. The number of benzene rings is 3. The largest absolute Gasteiger partial charge is 0.354 e. The molecule has 0 radical (unpaired) electrons. The van der Waals surface area contributed by atoms with E-state index in [1.165, 1.54) is 23.3 Å². The molecular formula is C29H31FN2O. The van der Waals surface area contributed by atoms with Gasteiger partial charge < -0.3 is 9.88 Å². The number of aryl methyl sites for hydroxylation is 1. The van der Waals surface area contributed by atoms with Gasteiger partial charge in [0.25, 0.3) is 0 Å². The minimum absolute atomic E-state index is 0.00837. The van der Waals surface area contributed by atoms with E-state index in [9.17, 15) is 9.18 Å². The van der Waals surface area contributed by atoms with E-state index in [-0.39, 0.29) is 23.7 Å². The molecule has 2 atom stereocenters. The van der Waals surface area contributed by atoms with Gasteiger partial charge in [-0.05, 0) is 55.2 Å². The summed E-state index contributed by atoms with van der Waals surface area (Å²) in [6, 6.07) is 23.5. The molecule has 1 amide bonds. The van der Waals surface area contributed by atoms with E-state index in [0.717, 1.165) is 35.0 Å². The highest BCUT2D eigenvalue weighted by Gasteiger charge is 2.23. The van der Waals surface area contributed by atoms with Gasteiger partial charge in [-0.15, -0.1) is 0 Å². The number of nitrogens with one attached hydrogen (secondary N) is 1. The van der Waals surface area contributed by atoms with Crippen LogP contribution in [-0.2, 0) is 11.3 Å². The van der Waals surface area contributed by atoms with Crippen molar-refractivity contribution in [3.8, 4) is 0 Å². The van der Waals surface area contributed by atoms with Crippen molar-refractivity contribution in [3.05, 3.63) is 107 Å². The predicted octanol–water partition coefficient (Wildman–Crippen LogP) is 6.57. The summed E-state index contributed by atoms with van der Waals surface area (Å²) in [6.07, 6.45) is 3.35. The van der Waals surface area contributed by atoms with Crippen molar-refractivity contribution in [2.75, 3.05) is 0 Å². The second-order valence-electron chi connectivity index (χ2n) is 8.90. The summed E-state index contributed by atoms with van der Waals surface area (Å²) in [5.74, 6) is -0.434. The number of amides is 1. The highest BCUT2D eigenvalue weighted by molar-refractivity contribution is 5.87. The van der Waals surface area contributed by atoms with Crippen molar-refractivity contribution in [1.82, 2.24) is 9.88 Å². The third kappa shape index (κ3) is 5.33. The zero-order valence-electron chi connectivity index (χ0n) is 19.5. The van der Waals surface area contributed by atoms with Crippen LogP contribution in [0.3, 0.4) is 0 Å². The fourth-order valence-electron chi connectivity index (χ4n) is 4.30. The maximum atomic E-state index is 13.7. The van der Waals surface area contributed by atoms with Crippen LogP contribution in [0.4, 0.5) is 4.39 Å². The smallest absolute Gasteiger partial charge is 0.221 e. The van der Waals surface area contributed by atoms with Crippen molar-refractivity contribution in [2.45, 2.75) is 52.1 Å². The summed E-state index contributed by atoms with van der Waals surface area (Å²) in [6.45, 7) is 6.90. The van der Waals surface area contributed by atoms with Crippen molar-refractivity contribution >= 4 is 16.8 Å². The molecule has 0 bridgehead atoms. The topological polar surface area (TPSA) is 34.0 Å². The lowest BCUT2D eigenvalue weighted by molar-refractivity contribution is -0.121. The standard InChI is InChI=1S/C29H31FN2O/c1-4-21(3)31-29(33)17-26(23-13-15-24(30)16-14-23)27-19-32(28-8-6-5-7-25(27)28)18-22-11-9-20(2)10-12-22/h5-16,19,21,26H,4,17-18H2,1-3H3,(H,31,33)/t21-,26+/m0/s1. The van der Waals surface area contributed by atoms with Crippen LogP contribution in [0.25, 0.3) is 10.9 Å². The summed E-state index contributed by atoms with van der Waals surface area (Å²) in [4.78, 5) is 12.9. The average Bonchev–Trinajstić information content (AvgIpc) is 3.18. The van der Waals surface area contributed by atoms with Crippen molar-refractivity contribution < 1.29 is 9.18 Å². The number of carbonyl (C=O) groups excluding carboxylic acids is 1. The first-order chi connectivity index (χ1) is 15.9. The molecule has 0 fully saturated rings. The zero-order chi connectivity index (χ0) is 23.4. The molecule has 4 aromatic rings. The Kier molecular flexibility index (Phi) is 6.93. The SMILES string of the molecule is CC[C@H](C)NC(=O)C[C@H](c1ccc(F)cc1)c1cn(Cc2ccc(C)cc2)c2ccccc12. The maximum absolute atomic E-state index is 13.7. The Morgan fingerprint density at radius 2 is 1.70 bits per heavy atom. The third-order valence-corrected chi connectivity index (χ3v) is 6.35. The number of nitrogens with zero attached hydrogens (tertiary/aromatic N) is 1. The maximum Gasteiger partial charge on any atom is 0.221 e. The first kappa shape index (κ1) is 22.8. The third-order valence-electron chi connectivity index (χ3n) is 6.35. The Labute approximate surface area is 195 Å². The number of hydrogen-bond acceptors (Lipinski definition) is 1. The molecule has 33 heavy (non-hydrogen) atoms. The molecule has 170 valence electrons. The molecule has 0 unspecified atom stereocenters. The fourth-order valence-corrected chi connectivity index (χ4v) is 4.30. The van der Waals surface area contributed by atoms with E-state index in [1.807, 2.05) is 19.1 Å². The number of rotatable bonds is 8. The van der Waals surface area contributed by atoms with Crippen molar-refractivity contribution in [3.63, 3.8) is 0 Å². The number of hydrogen-bond donors (Lipinski definition) is 1. The summed E-state index contributed by atoms with van der Waals surface area (Å²) >= 11 is 0. The summed E-state index contributed by atoms with van der Waals surface area (Å²) < 4.78 is 15.9. The molecule has 0 spiro atoms. The number of para-hydroxylation sites is 1. The van der Waals surface area contributed by atoms with E-state index >= 15 is 0 Å². The van der Waals surface area contributed by atoms with Gasteiger partial charge in [0.2, 0.25) is 5.91 Å². The molecule has 0 aliphatic carbocycles. The van der Waals surface area contributed by atoms with Crippen LogP contribution in [0.2, 0.25) is 0 Å². The van der Waals surface area contributed by atoms with Gasteiger partial charge in [-0.3, -0.25) is 4.79 Å². The molecule has 1 aromatic heterocycles. The zero-order valence-corrected chi connectivity index (χ0v) is 19.5. The van der Waals surface area contributed by atoms with Gasteiger partial charge in [0.05, 0.1) is 0 Å². The minimum atomic E-state index is -0.275. The Morgan fingerprint density at radius 3 is 2.39 bits per heavy atom. The van der Waals surface area contributed by atoms with Crippen LogP contribution in [0.15, 0.2) is 79.0 Å². The highest BCUT2D eigenvalue weighted by atomic mass is 19.1. The Morgan fingerprint density at radius 1 is 1.00 bits per heavy atom. The summed E-state index contributed by atoms with van der Waals surface area (Å²) in [5.41, 5.74) is 5.61. The molecule has 3 nitrogen and oxygen atoms in total. The monoisotopic (exact) mass is 442 g/mol. The van der Waals surface area contributed by atoms with Crippen molar-refractivity contribution in [1.29, 1.82) is 0 Å². The van der Waals surface area contributed by atoms with Gasteiger partial charge in [-0.1, -0.05) is 67.1 Å². The molecule has 3 aromatic carbocycles. The molecule has 1 heterocycles. The van der Waals surface area contributed by atoms with Gasteiger partial charge in [0.1, 0.15) is 5.82 Å². The van der Waals surface area contributed by atoms with Gasteiger partial charge in [0.15, 0.2) is 0 Å². The van der Waals surface area contributed by atoms with E-state index in [2.05, 4.69) is 66.3 Å². The molecule has 0 aliphatic heterocycles. The molecule has 1 N–H and O–H groups in total. The second-order valence-corrected chi connectivity index (χ2v) is 8.90. The number of fused-ring (bicyclic) bond motifs is 1. The Bertz CT molecular complexity index is 1220. The van der Waals surface area contributed by atoms with Gasteiger partial charge in [-0.25, -0.2) is 4.39 Å². The van der Waals surface area contributed by atoms with E-state index in [4.69, 9.17) is 0 Å². The lowest BCUT2D eigenvalue weighted by atomic mass is 9.88. The normalized spacial score (nSPS) is 13.1. The number of carbonyl (C=O) groups is 1. The van der Waals surface area contributed by atoms with E-state index in [1.54, 1.807) is 12.1 Å². The Balaban J connectivity index is 1.76. The molecular weight excluding hydrogens is 411 g/mol. The number of halogens is 1. The number of aromatic nitrogens is 1. The van der Waals surface area contributed by atoms with Crippen LogP contribution < -0.4 is 5.32 Å². The van der Waals surface area contributed by atoms with E-state index < -0.39 is 0 Å². The van der Waals surface area contributed by atoms with E-state index in [0.29, 0.717) is 6.42 Å². The van der Waals surface area contributed by atoms with Crippen LogP contribution in [0.1, 0.15) is 54.9 Å². The highest BCUT2D eigenvalue weighted by Crippen LogP contribution is 2.35. The second kappa shape index (κ2) is 10.0. The van der Waals surface area contributed by atoms with Crippen LogP contribution in [0.5, 0.6) is 0 Å². The van der Waals surface area contributed by atoms with Crippen LogP contribution in [-0.4, -0.2) is 16.5 Å². The lowest BCUT2D eigenvalue weighted by Crippen LogP contribution is -2.33. The summed E-state index contributed by atoms with van der Waals surface area (Å²) in [7, 11) is 0. The molecule has 4 heteroatoms. The predicted molar refractivity (Wildman–Crippen MR) is 133 cm³/mol. The molecule has 4 rings (SSSR count).